The summed E-state index contributed by atoms with van der Waals surface area (Å²) >= 11 is 6.11. The van der Waals surface area contributed by atoms with Crippen molar-refractivity contribution in [2.75, 3.05) is 23.8 Å². The van der Waals surface area contributed by atoms with Crippen LogP contribution in [0.1, 0.15) is 20.8 Å². The second kappa shape index (κ2) is 6.92. The molecule has 1 aromatic carbocycles. The van der Waals surface area contributed by atoms with Crippen LogP contribution in [0.3, 0.4) is 0 Å². The van der Waals surface area contributed by atoms with E-state index in [0.717, 1.165) is 0 Å². The number of hydrogen-bond acceptors (Lipinski definition) is 4. The van der Waals surface area contributed by atoms with Crippen LogP contribution in [0.2, 0.25) is 5.02 Å². The van der Waals surface area contributed by atoms with Crippen LogP contribution < -0.4 is 10.6 Å². The van der Waals surface area contributed by atoms with Gasteiger partial charge in [-0.15, -0.1) is 0 Å². The van der Waals surface area contributed by atoms with Crippen molar-refractivity contribution in [1.82, 2.24) is 0 Å². The Bertz CT molecular complexity index is 472. The molecule has 6 heteroatoms. The predicted octanol–water partition coefficient (Wildman–Crippen LogP) is 2.09. The number of carbonyl (C=O) groups excluding carboxylic acids is 1. The maximum Gasteiger partial charge on any atom is 0.229 e. The molecule has 1 unspecified atom stereocenters. The number of aliphatic hydroxyl groups is 2. The first-order valence-corrected chi connectivity index (χ1v) is 6.75. The van der Waals surface area contributed by atoms with E-state index in [9.17, 15) is 9.90 Å². The quantitative estimate of drug-likeness (QED) is 0.671. The molecule has 1 atom stereocenters. The summed E-state index contributed by atoms with van der Waals surface area (Å²) < 4.78 is 0. The van der Waals surface area contributed by atoms with E-state index in [-0.39, 0.29) is 19.1 Å². The Morgan fingerprint density at radius 3 is 2.55 bits per heavy atom. The lowest BCUT2D eigenvalue weighted by Gasteiger charge is -2.18. The molecule has 0 saturated heterocycles. The van der Waals surface area contributed by atoms with Gasteiger partial charge in [0.1, 0.15) is 0 Å². The number of anilines is 2. The number of hydrogen-bond donors (Lipinski definition) is 4. The number of carbonyl (C=O) groups is 1. The minimum atomic E-state index is -0.825. The maximum absolute atomic E-state index is 11.9. The SMILES string of the molecule is CC(C)(C)C(=O)Nc1ccc(NCC(O)CO)cc1Cl. The molecule has 4 N–H and O–H groups in total. The highest BCUT2D eigenvalue weighted by atomic mass is 35.5. The third-order valence-corrected chi connectivity index (χ3v) is 2.96. The predicted molar refractivity (Wildman–Crippen MR) is 81.1 cm³/mol. The van der Waals surface area contributed by atoms with Gasteiger partial charge in [-0.2, -0.15) is 0 Å². The third kappa shape index (κ3) is 5.00. The third-order valence-electron chi connectivity index (χ3n) is 2.65. The number of nitrogens with one attached hydrogen (secondary N) is 2. The second-order valence-corrected chi connectivity index (χ2v) is 6.02. The number of aliphatic hydroxyl groups excluding tert-OH is 2. The van der Waals surface area contributed by atoms with Gasteiger partial charge in [0.15, 0.2) is 0 Å². The van der Waals surface area contributed by atoms with Crippen molar-refractivity contribution < 1.29 is 15.0 Å². The van der Waals surface area contributed by atoms with Gasteiger partial charge in [0.25, 0.3) is 0 Å². The first-order valence-electron chi connectivity index (χ1n) is 6.38. The minimum absolute atomic E-state index is 0.115. The van der Waals surface area contributed by atoms with E-state index in [2.05, 4.69) is 10.6 Å². The molecule has 0 aliphatic rings. The standard InChI is InChI=1S/C14H21ClN2O3/c1-14(2,3)13(20)17-12-5-4-9(6-11(12)15)16-7-10(19)8-18/h4-6,10,16,18-19H,7-8H2,1-3H3,(H,17,20). The summed E-state index contributed by atoms with van der Waals surface area (Å²) in [6.07, 6.45) is -0.825. The molecule has 0 bridgehead atoms. The van der Waals surface area contributed by atoms with Crippen LogP contribution in [0.15, 0.2) is 18.2 Å². The van der Waals surface area contributed by atoms with E-state index in [0.29, 0.717) is 16.4 Å². The molecular weight excluding hydrogens is 280 g/mol. The molecule has 0 spiro atoms. The average Bonchev–Trinajstić information content (AvgIpc) is 2.37. The van der Waals surface area contributed by atoms with Gasteiger partial charge < -0.3 is 20.8 Å². The van der Waals surface area contributed by atoms with Crippen LogP contribution in [0.4, 0.5) is 11.4 Å². The van der Waals surface area contributed by atoms with Crippen LogP contribution in [-0.4, -0.2) is 35.4 Å². The molecule has 0 aromatic heterocycles. The van der Waals surface area contributed by atoms with E-state index in [1.165, 1.54) is 0 Å². The Morgan fingerprint density at radius 2 is 2.05 bits per heavy atom. The zero-order chi connectivity index (χ0) is 15.3. The van der Waals surface area contributed by atoms with E-state index in [1.807, 2.05) is 20.8 Å². The molecule has 1 amide bonds. The van der Waals surface area contributed by atoms with Gasteiger partial charge in [-0.1, -0.05) is 32.4 Å². The van der Waals surface area contributed by atoms with Gasteiger partial charge in [-0.05, 0) is 18.2 Å². The summed E-state index contributed by atoms with van der Waals surface area (Å²) in [4.78, 5) is 11.9. The fraction of sp³-hybridized carbons (Fsp3) is 0.500. The highest BCUT2D eigenvalue weighted by Crippen LogP contribution is 2.27. The van der Waals surface area contributed by atoms with E-state index < -0.39 is 11.5 Å². The molecule has 0 fully saturated rings. The molecule has 1 aromatic rings. The lowest BCUT2D eigenvalue weighted by atomic mass is 9.95. The monoisotopic (exact) mass is 300 g/mol. The largest absolute Gasteiger partial charge is 0.394 e. The first kappa shape index (κ1) is 16.8. The van der Waals surface area contributed by atoms with Crippen molar-refractivity contribution in [2.24, 2.45) is 5.41 Å². The van der Waals surface area contributed by atoms with Crippen LogP contribution in [0, 0.1) is 5.41 Å². The van der Waals surface area contributed by atoms with Gasteiger partial charge in [0, 0.05) is 17.6 Å². The summed E-state index contributed by atoms with van der Waals surface area (Å²) in [7, 11) is 0. The van der Waals surface area contributed by atoms with Gasteiger partial charge in [0.2, 0.25) is 5.91 Å². The first-order chi connectivity index (χ1) is 9.24. The molecule has 0 aliphatic heterocycles. The zero-order valence-electron chi connectivity index (χ0n) is 11.9. The minimum Gasteiger partial charge on any atom is -0.394 e. The van der Waals surface area contributed by atoms with Gasteiger partial charge in [-0.3, -0.25) is 4.79 Å². The number of benzene rings is 1. The van der Waals surface area contributed by atoms with Crippen LogP contribution in [0.25, 0.3) is 0 Å². The molecule has 0 radical (unpaired) electrons. The topological polar surface area (TPSA) is 81.6 Å². The van der Waals surface area contributed by atoms with Crippen LogP contribution in [-0.2, 0) is 4.79 Å². The fourth-order valence-electron chi connectivity index (χ4n) is 1.34. The Labute approximate surface area is 124 Å². The average molecular weight is 301 g/mol. The van der Waals surface area contributed by atoms with E-state index in [1.54, 1.807) is 18.2 Å². The number of rotatable bonds is 5. The molecule has 5 nitrogen and oxygen atoms in total. The number of amides is 1. The molecular formula is C14H21ClN2O3. The lowest BCUT2D eigenvalue weighted by molar-refractivity contribution is -0.123. The summed E-state index contributed by atoms with van der Waals surface area (Å²) in [5, 5.41) is 24.1. The number of halogens is 1. The summed E-state index contributed by atoms with van der Waals surface area (Å²) in [6, 6.07) is 5.10. The Hall–Kier alpha value is -1.30. The van der Waals surface area contributed by atoms with Crippen LogP contribution >= 0.6 is 11.6 Å². The molecule has 112 valence electrons. The van der Waals surface area contributed by atoms with E-state index in [4.69, 9.17) is 16.7 Å². The summed E-state index contributed by atoms with van der Waals surface area (Å²) in [5.41, 5.74) is 0.752. The Kier molecular flexibility index (Phi) is 5.80. The summed E-state index contributed by atoms with van der Waals surface area (Å²) in [6.45, 7) is 5.38. The molecule has 20 heavy (non-hydrogen) atoms. The van der Waals surface area contributed by atoms with Crippen molar-refractivity contribution in [3.05, 3.63) is 23.2 Å². The Balaban J connectivity index is 2.71. The van der Waals surface area contributed by atoms with Crippen molar-refractivity contribution >= 4 is 28.9 Å². The maximum atomic E-state index is 11.9. The molecule has 1 rings (SSSR count). The molecule has 0 heterocycles. The summed E-state index contributed by atoms with van der Waals surface area (Å²) in [5.74, 6) is -0.115. The van der Waals surface area contributed by atoms with Crippen molar-refractivity contribution in [3.8, 4) is 0 Å². The highest BCUT2D eigenvalue weighted by Gasteiger charge is 2.21. The van der Waals surface area contributed by atoms with Gasteiger partial charge in [-0.25, -0.2) is 0 Å². The van der Waals surface area contributed by atoms with Gasteiger partial charge in [0.05, 0.1) is 23.4 Å². The second-order valence-electron chi connectivity index (χ2n) is 5.62. The van der Waals surface area contributed by atoms with Crippen LogP contribution in [0.5, 0.6) is 0 Å². The van der Waals surface area contributed by atoms with Crippen molar-refractivity contribution in [3.63, 3.8) is 0 Å². The smallest absolute Gasteiger partial charge is 0.229 e. The lowest BCUT2D eigenvalue weighted by Crippen LogP contribution is -2.27. The van der Waals surface area contributed by atoms with Crippen molar-refractivity contribution in [2.45, 2.75) is 26.9 Å². The molecule has 0 saturated carbocycles. The normalized spacial score (nSPS) is 12.9. The Morgan fingerprint density at radius 1 is 1.40 bits per heavy atom. The van der Waals surface area contributed by atoms with E-state index >= 15 is 0 Å². The highest BCUT2D eigenvalue weighted by molar-refractivity contribution is 6.34. The fourth-order valence-corrected chi connectivity index (χ4v) is 1.56. The zero-order valence-corrected chi connectivity index (χ0v) is 12.7. The molecule has 0 aliphatic carbocycles. The van der Waals surface area contributed by atoms with Crippen molar-refractivity contribution in [1.29, 1.82) is 0 Å². The van der Waals surface area contributed by atoms with Gasteiger partial charge >= 0.3 is 0 Å².